The van der Waals surface area contributed by atoms with Gasteiger partial charge in [0.05, 0.1) is 0 Å². The van der Waals surface area contributed by atoms with Crippen molar-refractivity contribution in [2.45, 2.75) is 39.3 Å². The Labute approximate surface area is 121 Å². The zero-order valence-corrected chi connectivity index (χ0v) is 12.2. The van der Waals surface area contributed by atoms with Crippen molar-refractivity contribution >= 4 is 11.6 Å². The molecule has 0 bridgehead atoms. The minimum Gasteiger partial charge on any atom is -0.356 e. The van der Waals surface area contributed by atoms with Crippen LogP contribution >= 0.6 is 0 Å². The summed E-state index contributed by atoms with van der Waals surface area (Å²) in [5, 5.41) is 0. The molecule has 0 radical (unpaired) electrons. The Bertz CT molecular complexity index is 495. The van der Waals surface area contributed by atoms with Crippen molar-refractivity contribution in [1.29, 1.82) is 0 Å². The van der Waals surface area contributed by atoms with Crippen molar-refractivity contribution in [3.63, 3.8) is 0 Å². The Morgan fingerprint density at radius 3 is 2.43 bits per heavy atom. The maximum Gasteiger partial charge on any atom is 0.451 e. The summed E-state index contributed by atoms with van der Waals surface area (Å²) in [7, 11) is 0. The number of nitrogens with one attached hydrogen (secondary N) is 1. The number of halogens is 3. The molecule has 0 unspecified atom stereocenters. The van der Waals surface area contributed by atoms with E-state index in [4.69, 9.17) is 5.84 Å². The van der Waals surface area contributed by atoms with Gasteiger partial charge in [0.2, 0.25) is 5.82 Å². The van der Waals surface area contributed by atoms with Crippen LogP contribution < -0.4 is 16.2 Å². The summed E-state index contributed by atoms with van der Waals surface area (Å²) in [5.41, 5.74) is 2.42. The highest BCUT2D eigenvalue weighted by molar-refractivity contribution is 5.49. The molecule has 0 atom stereocenters. The Balaban J connectivity index is 2.24. The number of aromatic nitrogens is 2. The van der Waals surface area contributed by atoms with E-state index in [1.165, 1.54) is 6.07 Å². The van der Waals surface area contributed by atoms with Crippen LogP contribution in [-0.4, -0.2) is 23.1 Å². The lowest BCUT2D eigenvalue weighted by molar-refractivity contribution is -0.144. The molecule has 1 aliphatic heterocycles. The summed E-state index contributed by atoms with van der Waals surface area (Å²) in [5.74, 6) is 4.26. The Morgan fingerprint density at radius 2 is 1.95 bits per heavy atom. The third-order valence-electron chi connectivity index (χ3n) is 4.26. The molecule has 118 valence electrons. The van der Waals surface area contributed by atoms with Gasteiger partial charge >= 0.3 is 6.18 Å². The summed E-state index contributed by atoms with van der Waals surface area (Å²) < 4.78 is 38.5. The molecule has 3 N–H and O–H groups in total. The molecule has 1 aliphatic rings. The first-order valence-electron chi connectivity index (χ1n) is 6.95. The fourth-order valence-electron chi connectivity index (χ4n) is 2.43. The molecular weight excluding hydrogens is 283 g/mol. The van der Waals surface area contributed by atoms with E-state index in [1.54, 1.807) is 0 Å². The van der Waals surface area contributed by atoms with Crippen LogP contribution in [0.15, 0.2) is 6.07 Å². The van der Waals surface area contributed by atoms with Gasteiger partial charge in [0, 0.05) is 19.2 Å². The van der Waals surface area contributed by atoms with Gasteiger partial charge in [0.25, 0.3) is 0 Å². The number of piperidine rings is 1. The number of rotatable bonds is 3. The predicted octanol–water partition coefficient (Wildman–Crippen LogP) is 2.80. The van der Waals surface area contributed by atoms with E-state index in [9.17, 15) is 13.2 Å². The average molecular weight is 303 g/mol. The van der Waals surface area contributed by atoms with Gasteiger partial charge in [0.15, 0.2) is 0 Å². The first-order valence-corrected chi connectivity index (χ1v) is 6.95. The van der Waals surface area contributed by atoms with Crippen LogP contribution in [0.4, 0.5) is 24.8 Å². The lowest BCUT2D eigenvalue weighted by Gasteiger charge is -2.39. The van der Waals surface area contributed by atoms with E-state index in [1.807, 2.05) is 4.90 Å². The smallest absolute Gasteiger partial charge is 0.356 e. The summed E-state index contributed by atoms with van der Waals surface area (Å²) in [6.07, 6.45) is -1.66. The van der Waals surface area contributed by atoms with Gasteiger partial charge in [-0.25, -0.2) is 15.8 Å². The maximum absolute atomic E-state index is 12.8. The van der Waals surface area contributed by atoms with Crippen LogP contribution in [0.3, 0.4) is 0 Å². The molecule has 0 spiro atoms. The number of nitrogens with zero attached hydrogens (tertiary/aromatic N) is 3. The topological polar surface area (TPSA) is 67.1 Å². The van der Waals surface area contributed by atoms with Crippen LogP contribution in [0.25, 0.3) is 0 Å². The van der Waals surface area contributed by atoms with E-state index in [0.717, 1.165) is 19.3 Å². The lowest BCUT2D eigenvalue weighted by atomic mass is 9.78. The van der Waals surface area contributed by atoms with Gasteiger partial charge in [-0.15, -0.1) is 0 Å². The molecule has 1 aromatic heterocycles. The molecule has 0 aromatic carbocycles. The number of nitrogens with two attached hydrogens (primary N) is 1. The monoisotopic (exact) mass is 303 g/mol. The molecule has 1 aromatic rings. The zero-order valence-electron chi connectivity index (χ0n) is 12.2. The van der Waals surface area contributed by atoms with Crippen LogP contribution in [0.2, 0.25) is 0 Å². The standard InChI is InChI=1S/C13H20F3N5/c1-3-12(2)4-6-21(7-5-12)10-8-9(20-17)18-11(19-10)13(14,15)16/h8H,3-7,17H2,1-2H3,(H,18,19,20). The van der Waals surface area contributed by atoms with E-state index in [0.29, 0.717) is 13.1 Å². The van der Waals surface area contributed by atoms with Crippen LogP contribution in [-0.2, 0) is 6.18 Å². The minimum absolute atomic E-state index is 0.0313. The second-order valence-corrected chi connectivity index (χ2v) is 5.73. The minimum atomic E-state index is -4.59. The Morgan fingerprint density at radius 1 is 1.33 bits per heavy atom. The average Bonchev–Trinajstić information content (AvgIpc) is 2.46. The first-order chi connectivity index (χ1) is 9.77. The number of hydrogen-bond acceptors (Lipinski definition) is 5. The van der Waals surface area contributed by atoms with Crippen LogP contribution in [0.1, 0.15) is 38.9 Å². The molecular formula is C13H20F3N5. The molecule has 0 amide bonds. The van der Waals surface area contributed by atoms with Crippen molar-refractivity contribution < 1.29 is 13.2 Å². The molecule has 1 saturated heterocycles. The zero-order chi connectivity index (χ0) is 15.7. The van der Waals surface area contributed by atoms with Gasteiger partial charge in [-0.05, 0) is 18.3 Å². The van der Waals surface area contributed by atoms with E-state index < -0.39 is 12.0 Å². The second-order valence-electron chi connectivity index (χ2n) is 5.73. The quantitative estimate of drug-likeness (QED) is 0.664. The van der Waals surface area contributed by atoms with Gasteiger partial charge in [0.1, 0.15) is 11.6 Å². The fraction of sp³-hybridized carbons (Fsp3) is 0.692. The number of nitrogen functional groups attached to an aromatic ring is 1. The Kier molecular flexibility index (Phi) is 4.27. The van der Waals surface area contributed by atoms with Crippen molar-refractivity contribution in [3.05, 3.63) is 11.9 Å². The van der Waals surface area contributed by atoms with E-state index >= 15 is 0 Å². The van der Waals surface area contributed by atoms with Crippen molar-refractivity contribution in [2.75, 3.05) is 23.4 Å². The van der Waals surface area contributed by atoms with E-state index in [2.05, 4.69) is 29.2 Å². The van der Waals surface area contributed by atoms with Crippen molar-refractivity contribution in [1.82, 2.24) is 9.97 Å². The summed E-state index contributed by atoms with van der Waals surface area (Å²) in [6.45, 7) is 5.71. The highest BCUT2D eigenvalue weighted by Crippen LogP contribution is 2.36. The summed E-state index contributed by atoms with van der Waals surface area (Å²) in [4.78, 5) is 8.86. The Hall–Kier alpha value is -1.57. The normalized spacial score (nSPS) is 18.7. The highest BCUT2D eigenvalue weighted by Gasteiger charge is 2.36. The van der Waals surface area contributed by atoms with Crippen LogP contribution in [0.5, 0.6) is 0 Å². The molecule has 2 heterocycles. The third kappa shape index (κ3) is 3.55. The SMILES string of the molecule is CCC1(C)CCN(c2cc(NN)nc(C(F)(F)F)n2)CC1. The predicted molar refractivity (Wildman–Crippen MR) is 74.7 cm³/mol. The summed E-state index contributed by atoms with van der Waals surface area (Å²) in [6, 6.07) is 1.45. The second kappa shape index (κ2) is 5.67. The van der Waals surface area contributed by atoms with Gasteiger partial charge < -0.3 is 10.3 Å². The number of hydrazine groups is 1. The molecule has 5 nitrogen and oxygen atoms in total. The molecule has 21 heavy (non-hydrogen) atoms. The maximum atomic E-state index is 12.8. The van der Waals surface area contributed by atoms with Gasteiger partial charge in [-0.2, -0.15) is 13.2 Å². The van der Waals surface area contributed by atoms with Gasteiger partial charge in [-0.3, -0.25) is 0 Å². The molecule has 0 saturated carbocycles. The first kappa shape index (κ1) is 15.8. The molecule has 2 rings (SSSR count). The lowest BCUT2D eigenvalue weighted by Crippen LogP contribution is -2.39. The van der Waals surface area contributed by atoms with Gasteiger partial charge in [-0.1, -0.05) is 20.3 Å². The highest BCUT2D eigenvalue weighted by atomic mass is 19.4. The number of hydrogen-bond donors (Lipinski definition) is 2. The van der Waals surface area contributed by atoms with Crippen molar-refractivity contribution in [3.8, 4) is 0 Å². The molecule has 1 fully saturated rings. The third-order valence-corrected chi connectivity index (χ3v) is 4.26. The fourth-order valence-corrected chi connectivity index (χ4v) is 2.43. The summed E-state index contributed by atoms with van der Waals surface area (Å²) >= 11 is 0. The number of alkyl halides is 3. The molecule has 0 aliphatic carbocycles. The van der Waals surface area contributed by atoms with Crippen molar-refractivity contribution in [2.24, 2.45) is 11.3 Å². The van der Waals surface area contributed by atoms with E-state index in [-0.39, 0.29) is 17.1 Å². The number of anilines is 2. The van der Waals surface area contributed by atoms with Crippen LogP contribution in [0, 0.1) is 5.41 Å². The largest absolute Gasteiger partial charge is 0.451 e. The molecule has 8 heteroatoms.